The van der Waals surface area contributed by atoms with Crippen LogP contribution in [0.5, 0.6) is 0 Å². The maximum atomic E-state index is 10.6. The summed E-state index contributed by atoms with van der Waals surface area (Å²) in [5.41, 5.74) is 0.0289. The standard InChI is InChI=1S/C8H7BrN4O2/c9-6-3-10-13(4-6)5-12-2-1-7(11-12)8(14)15/h1-4H,5H2,(H,14,15). The van der Waals surface area contributed by atoms with Crippen LogP contribution in [0.25, 0.3) is 0 Å². The fourth-order valence-electron chi connectivity index (χ4n) is 1.12. The Labute approximate surface area is 93.3 Å². The van der Waals surface area contributed by atoms with Crippen LogP contribution < -0.4 is 0 Å². The number of rotatable bonds is 3. The first-order valence-electron chi connectivity index (χ1n) is 4.10. The Kier molecular flexibility index (Phi) is 2.55. The van der Waals surface area contributed by atoms with E-state index in [2.05, 4.69) is 26.1 Å². The molecule has 0 aliphatic rings. The van der Waals surface area contributed by atoms with Crippen molar-refractivity contribution in [2.45, 2.75) is 6.67 Å². The summed E-state index contributed by atoms with van der Waals surface area (Å²) in [7, 11) is 0. The summed E-state index contributed by atoms with van der Waals surface area (Å²) in [6, 6.07) is 1.45. The van der Waals surface area contributed by atoms with E-state index < -0.39 is 5.97 Å². The van der Waals surface area contributed by atoms with Gasteiger partial charge in [0.2, 0.25) is 0 Å². The van der Waals surface area contributed by atoms with Gasteiger partial charge in [-0.15, -0.1) is 0 Å². The van der Waals surface area contributed by atoms with Gasteiger partial charge < -0.3 is 5.11 Å². The lowest BCUT2D eigenvalue weighted by Crippen LogP contribution is -2.10. The summed E-state index contributed by atoms with van der Waals surface area (Å²) in [4.78, 5) is 10.6. The lowest BCUT2D eigenvalue weighted by Gasteiger charge is -2.00. The van der Waals surface area contributed by atoms with Gasteiger partial charge in [0, 0.05) is 12.4 Å². The van der Waals surface area contributed by atoms with E-state index in [0.717, 1.165) is 4.47 Å². The molecule has 0 radical (unpaired) electrons. The van der Waals surface area contributed by atoms with Gasteiger partial charge in [0.25, 0.3) is 0 Å². The lowest BCUT2D eigenvalue weighted by molar-refractivity contribution is 0.0689. The molecule has 0 aliphatic carbocycles. The van der Waals surface area contributed by atoms with Crippen LogP contribution in [0.4, 0.5) is 0 Å². The van der Waals surface area contributed by atoms with Gasteiger partial charge in [-0.25, -0.2) is 9.48 Å². The van der Waals surface area contributed by atoms with E-state index >= 15 is 0 Å². The molecule has 7 heteroatoms. The van der Waals surface area contributed by atoms with Gasteiger partial charge in [-0.1, -0.05) is 0 Å². The van der Waals surface area contributed by atoms with E-state index in [1.807, 2.05) is 0 Å². The third kappa shape index (κ3) is 2.24. The molecule has 2 heterocycles. The summed E-state index contributed by atoms with van der Waals surface area (Å²) in [5, 5.41) is 16.5. The molecule has 2 aromatic rings. The molecule has 0 amide bonds. The molecular weight excluding hydrogens is 264 g/mol. The van der Waals surface area contributed by atoms with Crippen molar-refractivity contribution in [3.05, 3.63) is 34.8 Å². The monoisotopic (exact) mass is 270 g/mol. The predicted octanol–water partition coefficient (Wildman–Crippen LogP) is 1.05. The van der Waals surface area contributed by atoms with Gasteiger partial charge in [-0.05, 0) is 22.0 Å². The molecule has 0 bridgehead atoms. The molecule has 2 rings (SSSR count). The second-order valence-corrected chi connectivity index (χ2v) is 3.80. The predicted molar refractivity (Wildman–Crippen MR) is 54.5 cm³/mol. The third-order valence-corrected chi connectivity index (χ3v) is 2.16. The molecule has 78 valence electrons. The molecule has 0 unspecified atom stereocenters. The summed E-state index contributed by atoms with van der Waals surface area (Å²) < 4.78 is 4.01. The van der Waals surface area contributed by atoms with Crippen LogP contribution in [0, 0.1) is 0 Å². The fraction of sp³-hybridized carbons (Fsp3) is 0.125. The van der Waals surface area contributed by atoms with Crippen LogP contribution >= 0.6 is 15.9 Å². The van der Waals surface area contributed by atoms with E-state index in [-0.39, 0.29) is 5.69 Å². The molecule has 15 heavy (non-hydrogen) atoms. The van der Waals surface area contributed by atoms with E-state index in [4.69, 9.17) is 5.11 Å². The molecule has 6 nitrogen and oxygen atoms in total. The highest BCUT2D eigenvalue weighted by molar-refractivity contribution is 9.10. The summed E-state index contributed by atoms with van der Waals surface area (Å²) in [6.07, 6.45) is 5.03. The molecule has 0 fully saturated rings. The Bertz CT molecular complexity index is 490. The van der Waals surface area contributed by atoms with Crippen molar-refractivity contribution in [1.82, 2.24) is 19.6 Å². The summed E-state index contributed by atoms with van der Waals surface area (Å²) in [5.74, 6) is -1.03. The highest BCUT2D eigenvalue weighted by Crippen LogP contribution is 2.06. The van der Waals surface area contributed by atoms with Gasteiger partial charge >= 0.3 is 5.97 Å². The Hall–Kier alpha value is -1.63. The molecule has 0 aromatic carbocycles. The van der Waals surface area contributed by atoms with E-state index in [1.54, 1.807) is 23.3 Å². The molecule has 0 spiro atoms. The van der Waals surface area contributed by atoms with E-state index in [0.29, 0.717) is 6.67 Å². The zero-order valence-electron chi connectivity index (χ0n) is 7.54. The second-order valence-electron chi connectivity index (χ2n) is 2.89. The van der Waals surface area contributed by atoms with E-state index in [9.17, 15) is 4.79 Å². The smallest absolute Gasteiger partial charge is 0.356 e. The van der Waals surface area contributed by atoms with Crippen molar-refractivity contribution in [1.29, 1.82) is 0 Å². The zero-order valence-corrected chi connectivity index (χ0v) is 9.12. The number of carboxylic acids is 1. The average Bonchev–Trinajstić information content (AvgIpc) is 2.76. The molecule has 1 N–H and O–H groups in total. The van der Waals surface area contributed by atoms with Crippen molar-refractivity contribution in [3.8, 4) is 0 Å². The third-order valence-electron chi connectivity index (χ3n) is 1.75. The summed E-state index contributed by atoms with van der Waals surface area (Å²) in [6.45, 7) is 0.388. The van der Waals surface area contributed by atoms with Gasteiger partial charge in [0.05, 0.1) is 10.7 Å². The zero-order chi connectivity index (χ0) is 10.8. The number of hydrogen-bond donors (Lipinski definition) is 1. The quantitative estimate of drug-likeness (QED) is 0.905. The molecule has 2 aromatic heterocycles. The molecular formula is C8H7BrN4O2. The fourth-order valence-corrected chi connectivity index (χ4v) is 1.45. The summed E-state index contributed by atoms with van der Waals surface area (Å²) >= 11 is 3.27. The van der Waals surface area contributed by atoms with Crippen LogP contribution in [-0.4, -0.2) is 30.6 Å². The number of carboxylic acid groups (broad SMARTS) is 1. The van der Waals surface area contributed by atoms with Gasteiger partial charge in [0.15, 0.2) is 5.69 Å². The minimum absolute atomic E-state index is 0.0289. The first-order valence-corrected chi connectivity index (χ1v) is 4.89. The van der Waals surface area contributed by atoms with Crippen molar-refractivity contribution in [2.24, 2.45) is 0 Å². The van der Waals surface area contributed by atoms with Crippen LogP contribution in [0.2, 0.25) is 0 Å². The molecule has 0 saturated heterocycles. The number of hydrogen-bond acceptors (Lipinski definition) is 3. The van der Waals surface area contributed by atoms with Crippen molar-refractivity contribution >= 4 is 21.9 Å². The number of aromatic carboxylic acids is 1. The SMILES string of the molecule is O=C(O)c1ccn(Cn2cc(Br)cn2)n1. The van der Waals surface area contributed by atoms with Crippen LogP contribution in [-0.2, 0) is 6.67 Å². The Morgan fingerprint density at radius 3 is 2.87 bits per heavy atom. The number of aromatic nitrogens is 4. The van der Waals surface area contributed by atoms with Crippen molar-refractivity contribution in [2.75, 3.05) is 0 Å². The van der Waals surface area contributed by atoms with Crippen LogP contribution in [0.15, 0.2) is 29.1 Å². The number of nitrogens with zero attached hydrogens (tertiary/aromatic N) is 4. The van der Waals surface area contributed by atoms with Crippen molar-refractivity contribution < 1.29 is 9.90 Å². The Morgan fingerprint density at radius 1 is 1.53 bits per heavy atom. The maximum Gasteiger partial charge on any atom is 0.356 e. The minimum atomic E-state index is -1.03. The Balaban J connectivity index is 2.14. The normalized spacial score (nSPS) is 10.5. The first kappa shape index (κ1) is 9.91. The maximum absolute atomic E-state index is 10.6. The second kappa shape index (κ2) is 3.85. The highest BCUT2D eigenvalue weighted by Gasteiger charge is 2.06. The van der Waals surface area contributed by atoms with Gasteiger partial charge in [-0.2, -0.15) is 10.2 Å². The number of halogens is 1. The van der Waals surface area contributed by atoms with Crippen LogP contribution in [0.3, 0.4) is 0 Å². The molecule has 0 saturated carbocycles. The van der Waals surface area contributed by atoms with Gasteiger partial charge in [0.1, 0.15) is 6.67 Å². The van der Waals surface area contributed by atoms with Gasteiger partial charge in [-0.3, -0.25) is 4.68 Å². The number of carbonyl (C=O) groups is 1. The average molecular weight is 271 g/mol. The topological polar surface area (TPSA) is 72.9 Å². The largest absolute Gasteiger partial charge is 0.476 e. The Morgan fingerprint density at radius 2 is 2.33 bits per heavy atom. The molecule has 0 aliphatic heterocycles. The van der Waals surface area contributed by atoms with Crippen molar-refractivity contribution in [3.63, 3.8) is 0 Å². The lowest BCUT2D eigenvalue weighted by atomic mass is 10.5. The minimum Gasteiger partial charge on any atom is -0.476 e. The highest BCUT2D eigenvalue weighted by atomic mass is 79.9. The first-order chi connectivity index (χ1) is 7.15. The van der Waals surface area contributed by atoms with Crippen LogP contribution in [0.1, 0.15) is 10.5 Å². The molecule has 0 atom stereocenters. The van der Waals surface area contributed by atoms with E-state index in [1.165, 1.54) is 10.7 Å².